The van der Waals surface area contributed by atoms with E-state index in [1.165, 1.54) is 77.0 Å². The zero-order chi connectivity index (χ0) is 17.0. The summed E-state index contributed by atoms with van der Waals surface area (Å²) in [6, 6.07) is 0. The van der Waals surface area contributed by atoms with E-state index < -0.39 is 5.92 Å². The zero-order valence-corrected chi connectivity index (χ0v) is 15.6. The van der Waals surface area contributed by atoms with Crippen molar-refractivity contribution < 1.29 is 8.78 Å². The molecule has 1 saturated heterocycles. The highest BCUT2D eigenvalue weighted by molar-refractivity contribution is 4.83. The lowest BCUT2D eigenvalue weighted by molar-refractivity contribution is 0.0105. The van der Waals surface area contributed by atoms with Gasteiger partial charge in [0.25, 0.3) is 5.92 Å². The predicted octanol–water partition coefficient (Wildman–Crippen LogP) is 6.66. The Bertz CT molecular complexity index is 267. The summed E-state index contributed by atoms with van der Waals surface area (Å²) in [7, 11) is 0. The maximum Gasteiger partial charge on any atom is 0.261 e. The van der Waals surface area contributed by atoms with Gasteiger partial charge in [0.05, 0.1) is 6.54 Å². The summed E-state index contributed by atoms with van der Waals surface area (Å²) in [6.45, 7) is 5.97. The maximum absolute atomic E-state index is 13.4. The standard InChI is InChI=1S/C20H39F2N/c1-3-5-7-9-11-13-19(14-12-10-8-6-4-2)17-23-16-15-20(21,22)18-23/h19H,3-18H2,1-2H3. The van der Waals surface area contributed by atoms with Gasteiger partial charge in [-0.25, -0.2) is 8.78 Å². The number of hydrogen-bond acceptors (Lipinski definition) is 1. The monoisotopic (exact) mass is 331 g/mol. The molecule has 138 valence electrons. The summed E-state index contributed by atoms with van der Waals surface area (Å²) < 4.78 is 26.8. The van der Waals surface area contributed by atoms with Crippen LogP contribution in [0.2, 0.25) is 0 Å². The van der Waals surface area contributed by atoms with E-state index in [2.05, 4.69) is 13.8 Å². The second-order valence-corrected chi connectivity index (χ2v) is 7.61. The number of likely N-dealkylation sites (tertiary alicyclic amines) is 1. The molecule has 0 unspecified atom stereocenters. The van der Waals surface area contributed by atoms with Gasteiger partial charge >= 0.3 is 0 Å². The van der Waals surface area contributed by atoms with Gasteiger partial charge < -0.3 is 0 Å². The van der Waals surface area contributed by atoms with Crippen molar-refractivity contribution in [3.8, 4) is 0 Å². The predicted molar refractivity (Wildman–Crippen MR) is 96.2 cm³/mol. The van der Waals surface area contributed by atoms with E-state index in [-0.39, 0.29) is 13.0 Å². The molecule has 0 bridgehead atoms. The van der Waals surface area contributed by atoms with Gasteiger partial charge in [0.1, 0.15) is 0 Å². The van der Waals surface area contributed by atoms with Crippen LogP contribution in [-0.4, -0.2) is 30.5 Å². The van der Waals surface area contributed by atoms with Gasteiger partial charge in [-0.3, -0.25) is 4.90 Å². The van der Waals surface area contributed by atoms with Crippen LogP contribution in [0.5, 0.6) is 0 Å². The molecule has 1 aliphatic heterocycles. The van der Waals surface area contributed by atoms with Gasteiger partial charge in [-0.15, -0.1) is 0 Å². The summed E-state index contributed by atoms with van der Waals surface area (Å²) in [6.07, 6.45) is 15.6. The van der Waals surface area contributed by atoms with Crippen molar-refractivity contribution in [2.45, 2.75) is 103 Å². The van der Waals surface area contributed by atoms with Crippen molar-refractivity contribution in [2.75, 3.05) is 19.6 Å². The molecular weight excluding hydrogens is 292 g/mol. The first-order valence-electron chi connectivity index (χ1n) is 10.2. The van der Waals surface area contributed by atoms with Crippen LogP contribution in [0.25, 0.3) is 0 Å². The maximum atomic E-state index is 13.4. The molecule has 0 N–H and O–H groups in total. The largest absolute Gasteiger partial charge is 0.297 e. The fourth-order valence-corrected chi connectivity index (χ4v) is 3.73. The molecule has 0 amide bonds. The Labute approximate surface area is 143 Å². The Morgan fingerprint density at radius 2 is 1.35 bits per heavy atom. The number of halogens is 2. The van der Waals surface area contributed by atoms with Gasteiger partial charge in [0.15, 0.2) is 0 Å². The molecule has 1 fully saturated rings. The first-order chi connectivity index (χ1) is 11.1. The molecule has 1 nitrogen and oxygen atoms in total. The summed E-state index contributed by atoms with van der Waals surface area (Å²) in [4.78, 5) is 2.02. The molecule has 23 heavy (non-hydrogen) atoms. The molecule has 0 aromatic heterocycles. The Kier molecular flexibility index (Phi) is 11.1. The molecule has 0 atom stereocenters. The average molecular weight is 332 g/mol. The molecule has 0 radical (unpaired) electrons. The number of alkyl halides is 2. The summed E-state index contributed by atoms with van der Waals surface area (Å²) in [5.74, 6) is -1.81. The highest BCUT2D eigenvalue weighted by atomic mass is 19.3. The normalized spacial score (nSPS) is 18.1. The fourth-order valence-electron chi connectivity index (χ4n) is 3.73. The van der Waals surface area contributed by atoms with Crippen LogP contribution in [0.3, 0.4) is 0 Å². The summed E-state index contributed by atoms with van der Waals surface area (Å²) in [5.41, 5.74) is 0. The van der Waals surface area contributed by atoms with E-state index in [1.807, 2.05) is 4.90 Å². The van der Waals surface area contributed by atoms with Crippen LogP contribution >= 0.6 is 0 Å². The lowest BCUT2D eigenvalue weighted by Crippen LogP contribution is -2.30. The average Bonchev–Trinajstić information content (AvgIpc) is 2.85. The minimum atomic E-state index is -2.44. The second-order valence-electron chi connectivity index (χ2n) is 7.61. The van der Waals surface area contributed by atoms with Gasteiger partial charge in [0, 0.05) is 19.5 Å². The summed E-state index contributed by atoms with van der Waals surface area (Å²) >= 11 is 0. The Morgan fingerprint density at radius 3 is 1.78 bits per heavy atom. The third kappa shape index (κ3) is 10.3. The van der Waals surface area contributed by atoms with Crippen molar-refractivity contribution in [2.24, 2.45) is 5.92 Å². The summed E-state index contributed by atoms with van der Waals surface area (Å²) in [5, 5.41) is 0. The molecule has 1 heterocycles. The number of rotatable bonds is 14. The second kappa shape index (κ2) is 12.2. The molecular formula is C20H39F2N. The topological polar surface area (TPSA) is 3.24 Å². The van der Waals surface area contributed by atoms with Crippen LogP contribution in [0, 0.1) is 5.92 Å². The third-order valence-corrected chi connectivity index (χ3v) is 5.20. The highest BCUT2D eigenvalue weighted by Gasteiger charge is 2.38. The van der Waals surface area contributed by atoms with Crippen LogP contribution < -0.4 is 0 Å². The number of unbranched alkanes of at least 4 members (excludes halogenated alkanes) is 8. The van der Waals surface area contributed by atoms with Crippen molar-refractivity contribution in [1.29, 1.82) is 0 Å². The minimum Gasteiger partial charge on any atom is -0.297 e. The van der Waals surface area contributed by atoms with Crippen molar-refractivity contribution >= 4 is 0 Å². The van der Waals surface area contributed by atoms with Crippen LogP contribution in [0.4, 0.5) is 8.78 Å². The number of nitrogens with zero attached hydrogens (tertiary/aromatic N) is 1. The first-order valence-corrected chi connectivity index (χ1v) is 10.2. The van der Waals surface area contributed by atoms with Crippen LogP contribution in [-0.2, 0) is 0 Å². The van der Waals surface area contributed by atoms with Gasteiger partial charge in [0.2, 0.25) is 0 Å². The van der Waals surface area contributed by atoms with E-state index in [1.54, 1.807) is 0 Å². The third-order valence-electron chi connectivity index (χ3n) is 5.20. The molecule has 0 spiro atoms. The van der Waals surface area contributed by atoms with Gasteiger partial charge in [-0.1, -0.05) is 78.1 Å². The van der Waals surface area contributed by atoms with E-state index in [4.69, 9.17) is 0 Å². The molecule has 1 aliphatic rings. The minimum absolute atomic E-state index is 0.00479. The quantitative estimate of drug-likeness (QED) is 0.321. The molecule has 0 aromatic carbocycles. The van der Waals surface area contributed by atoms with E-state index >= 15 is 0 Å². The molecule has 1 rings (SSSR count). The molecule has 0 saturated carbocycles. The van der Waals surface area contributed by atoms with Crippen molar-refractivity contribution in [3.63, 3.8) is 0 Å². The van der Waals surface area contributed by atoms with Gasteiger partial charge in [-0.2, -0.15) is 0 Å². The lowest BCUT2D eigenvalue weighted by Gasteiger charge is -2.24. The lowest BCUT2D eigenvalue weighted by atomic mass is 9.93. The highest BCUT2D eigenvalue weighted by Crippen LogP contribution is 2.29. The van der Waals surface area contributed by atoms with E-state index in [0.717, 1.165) is 6.54 Å². The Hall–Kier alpha value is -0.180. The molecule has 3 heteroatoms. The van der Waals surface area contributed by atoms with Crippen molar-refractivity contribution in [3.05, 3.63) is 0 Å². The fraction of sp³-hybridized carbons (Fsp3) is 1.00. The number of hydrogen-bond donors (Lipinski definition) is 0. The molecule has 0 aromatic rings. The van der Waals surface area contributed by atoms with Crippen LogP contribution in [0.1, 0.15) is 97.3 Å². The van der Waals surface area contributed by atoms with Crippen LogP contribution in [0.15, 0.2) is 0 Å². The SMILES string of the molecule is CCCCCCCC(CCCCCCC)CN1CCC(F)(F)C1. The zero-order valence-electron chi connectivity index (χ0n) is 15.6. The van der Waals surface area contributed by atoms with E-state index in [9.17, 15) is 8.78 Å². The Morgan fingerprint density at radius 1 is 0.826 bits per heavy atom. The van der Waals surface area contributed by atoms with E-state index in [0.29, 0.717) is 12.5 Å². The Balaban J connectivity index is 2.26. The van der Waals surface area contributed by atoms with Gasteiger partial charge in [-0.05, 0) is 18.8 Å². The molecule has 0 aliphatic carbocycles. The first kappa shape index (κ1) is 20.9. The van der Waals surface area contributed by atoms with Crippen molar-refractivity contribution in [1.82, 2.24) is 4.90 Å². The smallest absolute Gasteiger partial charge is 0.261 e.